The van der Waals surface area contributed by atoms with E-state index in [9.17, 15) is 9.59 Å². The van der Waals surface area contributed by atoms with Gasteiger partial charge in [0.15, 0.2) is 11.5 Å². The fourth-order valence-corrected chi connectivity index (χ4v) is 3.28. The van der Waals surface area contributed by atoms with Crippen molar-refractivity contribution in [1.82, 2.24) is 10.6 Å². The molecule has 2 unspecified atom stereocenters. The number of Topliss-reactive ketones (excluding diaryl/α,β-unsaturated/α-hetero) is 1. The summed E-state index contributed by atoms with van der Waals surface area (Å²) in [6.07, 6.45) is 3.16. The smallest absolute Gasteiger partial charge is 0.287 e. The second kappa shape index (κ2) is 5.64. The number of aryl methyl sites for hydroxylation is 1. The van der Waals surface area contributed by atoms with Crippen LogP contribution in [0.2, 0.25) is 0 Å². The SMILES string of the molecule is Cc1c(C(=O)NC2CNCCC2C)oc2c1C(=O)CCC2. The molecule has 0 spiro atoms. The fourth-order valence-electron chi connectivity index (χ4n) is 3.28. The van der Waals surface area contributed by atoms with Crippen LogP contribution in [0.5, 0.6) is 0 Å². The van der Waals surface area contributed by atoms with Gasteiger partial charge in [-0.3, -0.25) is 9.59 Å². The van der Waals surface area contributed by atoms with Gasteiger partial charge in [-0.2, -0.15) is 0 Å². The lowest BCUT2D eigenvalue weighted by atomic mass is 9.93. The van der Waals surface area contributed by atoms with E-state index in [2.05, 4.69) is 17.6 Å². The number of carbonyl (C=O) groups is 2. The minimum absolute atomic E-state index is 0.101. The lowest BCUT2D eigenvalue weighted by Crippen LogP contribution is -2.50. The molecule has 21 heavy (non-hydrogen) atoms. The molecule has 1 saturated heterocycles. The molecule has 5 heteroatoms. The van der Waals surface area contributed by atoms with Gasteiger partial charge in [0.2, 0.25) is 0 Å². The maximum absolute atomic E-state index is 12.5. The maximum Gasteiger partial charge on any atom is 0.287 e. The minimum atomic E-state index is -0.199. The Balaban J connectivity index is 1.80. The van der Waals surface area contributed by atoms with Crippen LogP contribution in [0.1, 0.15) is 58.4 Å². The molecule has 1 fully saturated rings. The highest BCUT2D eigenvalue weighted by atomic mass is 16.4. The number of carbonyl (C=O) groups excluding carboxylic acids is 2. The molecule has 2 heterocycles. The number of ketones is 1. The molecule has 1 aliphatic heterocycles. The lowest BCUT2D eigenvalue weighted by Gasteiger charge is -2.29. The number of furan rings is 1. The highest BCUT2D eigenvalue weighted by Gasteiger charge is 2.30. The fraction of sp³-hybridized carbons (Fsp3) is 0.625. The van der Waals surface area contributed by atoms with E-state index in [-0.39, 0.29) is 17.7 Å². The number of fused-ring (bicyclic) bond motifs is 1. The second-order valence-corrected chi connectivity index (χ2v) is 6.18. The van der Waals surface area contributed by atoms with Crippen LogP contribution in [0.25, 0.3) is 0 Å². The standard InChI is InChI=1S/C16H22N2O3/c1-9-6-7-17-8-11(9)18-16(20)15-10(2)14-12(19)4-3-5-13(14)21-15/h9,11,17H,3-8H2,1-2H3,(H,18,20). The highest BCUT2D eigenvalue weighted by Crippen LogP contribution is 2.29. The van der Waals surface area contributed by atoms with Crippen LogP contribution < -0.4 is 10.6 Å². The molecule has 1 aromatic heterocycles. The topological polar surface area (TPSA) is 71.3 Å². The van der Waals surface area contributed by atoms with Gasteiger partial charge in [0.25, 0.3) is 5.91 Å². The Morgan fingerprint density at radius 3 is 2.90 bits per heavy atom. The summed E-state index contributed by atoms with van der Waals surface area (Å²) in [6, 6.07) is 0.114. The highest BCUT2D eigenvalue weighted by molar-refractivity contribution is 6.03. The third kappa shape index (κ3) is 2.62. The Kier molecular flexibility index (Phi) is 3.85. The van der Waals surface area contributed by atoms with Crippen molar-refractivity contribution in [1.29, 1.82) is 0 Å². The van der Waals surface area contributed by atoms with Crippen LogP contribution >= 0.6 is 0 Å². The Bertz CT molecular complexity index is 576. The van der Waals surface area contributed by atoms with E-state index < -0.39 is 0 Å². The molecule has 2 atom stereocenters. The molecule has 2 N–H and O–H groups in total. The van der Waals surface area contributed by atoms with Crippen molar-refractivity contribution in [3.63, 3.8) is 0 Å². The lowest BCUT2D eigenvalue weighted by molar-refractivity contribution is 0.0882. The predicted octanol–water partition coefficient (Wildman–Crippen LogP) is 1.83. The zero-order valence-corrected chi connectivity index (χ0v) is 12.6. The zero-order valence-electron chi connectivity index (χ0n) is 12.6. The first-order valence-corrected chi connectivity index (χ1v) is 7.75. The number of piperidine rings is 1. The molecule has 1 aliphatic carbocycles. The number of rotatable bonds is 2. The third-order valence-corrected chi connectivity index (χ3v) is 4.66. The normalized spacial score (nSPS) is 25.5. The van der Waals surface area contributed by atoms with Gasteiger partial charge >= 0.3 is 0 Å². The van der Waals surface area contributed by atoms with E-state index in [0.29, 0.717) is 35.0 Å². The van der Waals surface area contributed by atoms with E-state index in [4.69, 9.17) is 4.42 Å². The van der Waals surface area contributed by atoms with Crippen molar-refractivity contribution >= 4 is 11.7 Å². The second-order valence-electron chi connectivity index (χ2n) is 6.18. The number of hydrogen-bond donors (Lipinski definition) is 2. The van der Waals surface area contributed by atoms with Crippen molar-refractivity contribution in [3.05, 3.63) is 22.6 Å². The summed E-state index contributed by atoms with van der Waals surface area (Å²) in [5.74, 6) is 1.35. The summed E-state index contributed by atoms with van der Waals surface area (Å²) in [6.45, 7) is 5.74. The van der Waals surface area contributed by atoms with Crippen molar-refractivity contribution in [3.8, 4) is 0 Å². The van der Waals surface area contributed by atoms with Gasteiger partial charge in [0, 0.05) is 31.0 Å². The van der Waals surface area contributed by atoms with Crippen molar-refractivity contribution < 1.29 is 14.0 Å². The van der Waals surface area contributed by atoms with Gasteiger partial charge in [0.05, 0.1) is 5.56 Å². The van der Waals surface area contributed by atoms with E-state index in [1.165, 1.54) is 0 Å². The van der Waals surface area contributed by atoms with Crippen LogP contribution in [0, 0.1) is 12.8 Å². The van der Waals surface area contributed by atoms with Gasteiger partial charge in [-0.05, 0) is 32.2 Å². The Morgan fingerprint density at radius 1 is 1.38 bits per heavy atom. The van der Waals surface area contributed by atoms with Gasteiger partial charge in [-0.15, -0.1) is 0 Å². The molecule has 0 bridgehead atoms. The number of hydrogen-bond acceptors (Lipinski definition) is 4. The first-order valence-electron chi connectivity index (χ1n) is 7.75. The van der Waals surface area contributed by atoms with E-state index >= 15 is 0 Å². The first kappa shape index (κ1) is 14.3. The van der Waals surface area contributed by atoms with E-state index in [0.717, 1.165) is 32.4 Å². The Morgan fingerprint density at radius 2 is 2.19 bits per heavy atom. The van der Waals surface area contributed by atoms with Crippen LogP contribution in [-0.2, 0) is 6.42 Å². The average molecular weight is 290 g/mol. The monoisotopic (exact) mass is 290 g/mol. The maximum atomic E-state index is 12.5. The van der Waals surface area contributed by atoms with Gasteiger partial charge in [0.1, 0.15) is 5.76 Å². The molecule has 3 rings (SSSR count). The molecule has 0 saturated carbocycles. The molecule has 0 aromatic carbocycles. The summed E-state index contributed by atoms with van der Waals surface area (Å²) in [5.41, 5.74) is 1.34. The summed E-state index contributed by atoms with van der Waals surface area (Å²) >= 11 is 0. The summed E-state index contributed by atoms with van der Waals surface area (Å²) in [5, 5.41) is 6.34. The molecule has 2 aliphatic rings. The zero-order chi connectivity index (χ0) is 15.0. The molecule has 0 radical (unpaired) electrons. The summed E-state index contributed by atoms with van der Waals surface area (Å²) < 4.78 is 5.69. The summed E-state index contributed by atoms with van der Waals surface area (Å²) in [7, 11) is 0. The van der Waals surface area contributed by atoms with Crippen molar-refractivity contribution in [2.45, 2.75) is 45.6 Å². The van der Waals surface area contributed by atoms with Gasteiger partial charge < -0.3 is 15.1 Å². The largest absolute Gasteiger partial charge is 0.455 e. The minimum Gasteiger partial charge on any atom is -0.455 e. The Labute approximate surface area is 124 Å². The average Bonchev–Trinajstić information content (AvgIpc) is 2.80. The number of nitrogens with one attached hydrogen (secondary N) is 2. The number of amides is 1. The molecule has 1 aromatic rings. The summed E-state index contributed by atoms with van der Waals surface area (Å²) in [4.78, 5) is 24.4. The third-order valence-electron chi connectivity index (χ3n) is 4.66. The van der Waals surface area contributed by atoms with Crippen molar-refractivity contribution in [2.75, 3.05) is 13.1 Å². The van der Waals surface area contributed by atoms with Crippen molar-refractivity contribution in [2.24, 2.45) is 5.92 Å². The van der Waals surface area contributed by atoms with Gasteiger partial charge in [-0.25, -0.2) is 0 Å². The van der Waals surface area contributed by atoms with Crippen LogP contribution in [-0.4, -0.2) is 30.8 Å². The predicted molar refractivity (Wildman–Crippen MR) is 78.6 cm³/mol. The van der Waals surface area contributed by atoms with Crippen LogP contribution in [0.4, 0.5) is 0 Å². The molecule has 114 valence electrons. The molecule has 5 nitrogen and oxygen atoms in total. The quantitative estimate of drug-likeness (QED) is 0.872. The molecule has 1 amide bonds. The van der Waals surface area contributed by atoms with Crippen LogP contribution in [0.3, 0.4) is 0 Å². The first-order chi connectivity index (χ1) is 10.1. The van der Waals surface area contributed by atoms with Crippen LogP contribution in [0.15, 0.2) is 4.42 Å². The van der Waals surface area contributed by atoms with E-state index in [1.54, 1.807) is 0 Å². The Hall–Kier alpha value is -1.62. The van der Waals surface area contributed by atoms with E-state index in [1.807, 2.05) is 6.92 Å². The molecular formula is C16H22N2O3. The van der Waals surface area contributed by atoms with Gasteiger partial charge in [-0.1, -0.05) is 6.92 Å². The molecular weight excluding hydrogens is 268 g/mol.